The van der Waals surface area contributed by atoms with Crippen LogP contribution in [0.2, 0.25) is 0 Å². The minimum Gasteiger partial charge on any atom is -0.497 e. The van der Waals surface area contributed by atoms with E-state index in [0.29, 0.717) is 6.04 Å². The third kappa shape index (κ3) is 2.32. The molecule has 0 aromatic heterocycles. The van der Waals surface area contributed by atoms with Gasteiger partial charge in [0.15, 0.2) is 0 Å². The molecule has 2 atom stereocenters. The highest BCUT2D eigenvalue weighted by atomic mass is 16.5. The molecule has 0 aliphatic carbocycles. The maximum Gasteiger partial charge on any atom is 0.119 e. The normalized spacial score (nSPS) is 24.8. The zero-order chi connectivity index (χ0) is 15.9. The van der Waals surface area contributed by atoms with Gasteiger partial charge in [0.05, 0.1) is 25.3 Å². The third-order valence-electron chi connectivity index (χ3n) is 5.48. The van der Waals surface area contributed by atoms with E-state index >= 15 is 0 Å². The second-order valence-electron chi connectivity index (χ2n) is 6.90. The molecule has 0 amide bonds. The summed E-state index contributed by atoms with van der Waals surface area (Å²) >= 11 is 0. The Bertz CT molecular complexity index is 603. The minimum atomic E-state index is 0.201. The monoisotopic (exact) mass is 301 g/mol. The standard InChI is InChI=1S/C19H27NO2/c1-13(2)14(3)8-9-19(12-21-4)18-11-15-10-16(22-5)6-7-17(15)20(18)19/h6-7,10,18H,8-9,11-12H2,1-5H3/t18-,19+,20?/m1/s1. The van der Waals surface area contributed by atoms with E-state index < -0.39 is 0 Å². The van der Waals surface area contributed by atoms with Crippen molar-refractivity contribution in [1.29, 1.82) is 0 Å². The van der Waals surface area contributed by atoms with Crippen molar-refractivity contribution in [3.05, 3.63) is 34.9 Å². The summed E-state index contributed by atoms with van der Waals surface area (Å²) < 4.78 is 10.9. The van der Waals surface area contributed by atoms with Crippen LogP contribution in [0.5, 0.6) is 5.75 Å². The molecule has 1 saturated heterocycles. The number of allylic oxidation sites excluding steroid dienone is 2. The van der Waals surface area contributed by atoms with E-state index in [-0.39, 0.29) is 5.54 Å². The summed E-state index contributed by atoms with van der Waals surface area (Å²) in [6.07, 6.45) is 3.45. The lowest BCUT2D eigenvalue weighted by Gasteiger charge is -2.21. The van der Waals surface area contributed by atoms with Crippen molar-refractivity contribution in [3.8, 4) is 5.75 Å². The number of hydrogen-bond donors (Lipinski definition) is 0. The van der Waals surface area contributed by atoms with Gasteiger partial charge in [0.1, 0.15) is 5.75 Å². The van der Waals surface area contributed by atoms with Gasteiger partial charge >= 0.3 is 0 Å². The van der Waals surface area contributed by atoms with Crippen LogP contribution in [0.3, 0.4) is 0 Å². The molecule has 2 aliphatic heterocycles. The largest absolute Gasteiger partial charge is 0.497 e. The summed E-state index contributed by atoms with van der Waals surface area (Å²) in [5, 5.41) is 0. The first-order valence-corrected chi connectivity index (χ1v) is 8.11. The number of fused-ring (bicyclic) bond motifs is 3. The van der Waals surface area contributed by atoms with Crippen LogP contribution in [0, 0.1) is 0 Å². The van der Waals surface area contributed by atoms with Crippen LogP contribution in [0.1, 0.15) is 39.2 Å². The fraction of sp³-hybridized carbons (Fsp3) is 0.579. The molecule has 120 valence electrons. The molecule has 3 nitrogen and oxygen atoms in total. The lowest BCUT2D eigenvalue weighted by Crippen LogP contribution is -2.28. The summed E-state index contributed by atoms with van der Waals surface area (Å²) in [5.74, 6) is 0.957. The number of benzene rings is 1. The first-order valence-electron chi connectivity index (χ1n) is 8.11. The fourth-order valence-electron chi connectivity index (χ4n) is 3.85. The first-order chi connectivity index (χ1) is 10.5. The molecule has 0 radical (unpaired) electrons. The van der Waals surface area contributed by atoms with Gasteiger partial charge in [0.2, 0.25) is 0 Å². The molecule has 0 spiro atoms. The Labute approximate surface area is 133 Å². The van der Waals surface area contributed by atoms with Gasteiger partial charge in [-0.1, -0.05) is 11.1 Å². The van der Waals surface area contributed by atoms with Crippen LogP contribution in [0.15, 0.2) is 29.3 Å². The Morgan fingerprint density at radius 1 is 1.27 bits per heavy atom. The maximum absolute atomic E-state index is 5.58. The van der Waals surface area contributed by atoms with Crippen LogP contribution < -0.4 is 9.64 Å². The van der Waals surface area contributed by atoms with Gasteiger partial charge in [-0.25, -0.2) is 0 Å². The van der Waals surface area contributed by atoms with E-state index in [4.69, 9.17) is 9.47 Å². The first kappa shape index (κ1) is 15.4. The van der Waals surface area contributed by atoms with Gasteiger partial charge in [-0.15, -0.1) is 0 Å². The molecule has 3 heteroatoms. The number of nitrogens with zero attached hydrogens (tertiary/aromatic N) is 1. The molecular weight excluding hydrogens is 274 g/mol. The van der Waals surface area contributed by atoms with Gasteiger partial charge in [-0.2, -0.15) is 0 Å². The number of anilines is 1. The summed E-state index contributed by atoms with van der Waals surface area (Å²) in [7, 11) is 3.55. The van der Waals surface area contributed by atoms with E-state index in [1.54, 1.807) is 7.11 Å². The van der Waals surface area contributed by atoms with Gasteiger partial charge in [0, 0.05) is 12.8 Å². The molecule has 1 fully saturated rings. The zero-order valence-electron chi connectivity index (χ0n) is 14.4. The third-order valence-corrected chi connectivity index (χ3v) is 5.48. The molecule has 0 saturated carbocycles. The Kier molecular flexibility index (Phi) is 3.94. The van der Waals surface area contributed by atoms with Gasteiger partial charge in [-0.3, -0.25) is 0 Å². The van der Waals surface area contributed by atoms with Crippen molar-refractivity contribution in [2.75, 3.05) is 25.7 Å². The second kappa shape index (κ2) is 5.62. The maximum atomic E-state index is 5.58. The van der Waals surface area contributed by atoms with E-state index in [9.17, 15) is 0 Å². The summed E-state index contributed by atoms with van der Waals surface area (Å²) in [6.45, 7) is 7.48. The van der Waals surface area contributed by atoms with Crippen molar-refractivity contribution in [3.63, 3.8) is 0 Å². The Morgan fingerprint density at radius 2 is 2.05 bits per heavy atom. The Balaban J connectivity index is 1.80. The van der Waals surface area contributed by atoms with Crippen molar-refractivity contribution in [2.24, 2.45) is 0 Å². The van der Waals surface area contributed by atoms with Crippen LogP contribution in [0.25, 0.3) is 0 Å². The lowest BCUT2D eigenvalue weighted by molar-refractivity contribution is 0.164. The average molecular weight is 301 g/mol. The highest BCUT2D eigenvalue weighted by Crippen LogP contribution is 2.56. The zero-order valence-corrected chi connectivity index (χ0v) is 14.4. The molecule has 1 aromatic carbocycles. The minimum absolute atomic E-state index is 0.201. The number of methoxy groups -OCH3 is 2. The Hall–Kier alpha value is -1.48. The topological polar surface area (TPSA) is 21.5 Å². The van der Waals surface area contributed by atoms with Crippen LogP contribution in [-0.2, 0) is 11.2 Å². The van der Waals surface area contributed by atoms with Crippen LogP contribution in [-0.4, -0.2) is 32.4 Å². The Morgan fingerprint density at radius 3 is 2.68 bits per heavy atom. The lowest BCUT2D eigenvalue weighted by atomic mass is 9.91. The van der Waals surface area contributed by atoms with Crippen molar-refractivity contribution < 1.29 is 9.47 Å². The second-order valence-corrected chi connectivity index (χ2v) is 6.90. The smallest absolute Gasteiger partial charge is 0.119 e. The summed E-state index contributed by atoms with van der Waals surface area (Å²) in [4.78, 5) is 2.57. The highest BCUT2D eigenvalue weighted by molar-refractivity contribution is 5.72. The van der Waals surface area contributed by atoms with E-state index in [2.05, 4.69) is 43.9 Å². The predicted molar refractivity (Wildman–Crippen MR) is 90.9 cm³/mol. The highest BCUT2D eigenvalue weighted by Gasteiger charge is 2.65. The SMILES string of the molecule is COC[C@@]1(CCC(C)=C(C)C)[C@H]2Cc3cc(OC)ccc3N21. The summed E-state index contributed by atoms with van der Waals surface area (Å²) in [5.41, 5.74) is 5.94. The van der Waals surface area contributed by atoms with Crippen LogP contribution >= 0.6 is 0 Å². The van der Waals surface area contributed by atoms with Gasteiger partial charge in [0.25, 0.3) is 0 Å². The van der Waals surface area contributed by atoms with Crippen molar-refractivity contribution >= 4 is 5.69 Å². The molecule has 0 bridgehead atoms. The van der Waals surface area contributed by atoms with Crippen molar-refractivity contribution in [2.45, 2.75) is 51.6 Å². The van der Waals surface area contributed by atoms with Gasteiger partial charge in [-0.05, 0) is 63.8 Å². The molecular formula is C19H27NO2. The van der Waals surface area contributed by atoms with E-state index in [1.165, 1.54) is 28.8 Å². The van der Waals surface area contributed by atoms with E-state index in [0.717, 1.165) is 25.2 Å². The number of hydrogen-bond acceptors (Lipinski definition) is 3. The predicted octanol–water partition coefficient (Wildman–Crippen LogP) is 3.96. The summed E-state index contributed by atoms with van der Waals surface area (Å²) in [6, 6.07) is 7.05. The molecule has 3 rings (SSSR count). The molecule has 2 aliphatic rings. The molecule has 2 heterocycles. The van der Waals surface area contributed by atoms with Gasteiger partial charge < -0.3 is 14.4 Å². The number of ether oxygens (including phenoxy) is 2. The fourth-order valence-corrected chi connectivity index (χ4v) is 3.85. The molecule has 22 heavy (non-hydrogen) atoms. The quantitative estimate of drug-likeness (QED) is 0.586. The van der Waals surface area contributed by atoms with E-state index in [1.807, 2.05) is 7.11 Å². The van der Waals surface area contributed by atoms with Crippen molar-refractivity contribution in [1.82, 2.24) is 0 Å². The molecule has 1 aromatic rings. The number of rotatable bonds is 6. The average Bonchev–Trinajstić information content (AvgIpc) is 2.92. The molecule has 0 N–H and O–H groups in total. The molecule has 0 unspecified atom stereocenters. The van der Waals surface area contributed by atoms with Crippen LogP contribution in [0.4, 0.5) is 5.69 Å².